The first-order valence-corrected chi connectivity index (χ1v) is 33.4. The minimum absolute atomic E-state index is 0. The molecule has 0 N–H and O–H groups in total. The second kappa shape index (κ2) is 45.1. The third kappa shape index (κ3) is 25.1. The zero-order valence-electron chi connectivity index (χ0n) is 59.7. The molecule has 0 spiro atoms. The van der Waals surface area contributed by atoms with Crippen LogP contribution < -0.4 is 19.9 Å². The summed E-state index contributed by atoms with van der Waals surface area (Å²) in [7, 11) is 0. The van der Waals surface area contributed by atoms with Crippen LogP contribution in [0, 0.1) is 85.9 Å². The summed E-state index contributed by atoms with van der Waals surface area (Å²) >= 11 is 0. The van der Waals surface area contributed by atoms with Crippen molar-refractivity contribution in [3.05, 3.63) is 424 Å². The zero-order chi connectivity index (χ0) is 78.0. The first-order valence-electron chi connectivity index (χ1n) is 33.4. The summed E-state index contributed by atoms with van der Waals surface area (Å²) in [5.74, 6) is -24.9. The summed E-state index contributed by atoms with van der Waals surface area (Å²) in [4.78, 5) is 62.5. The molecule has 572 valence electrons. The molecule has 0 fully saturated rings. The molecule has 11 aromatic heterocycles. The SMILES string of the molecule is Cc1cc2c(cc1C)N=Cc1ccc([n-]1)C(c1c(F)c(F)c(F)c(F)c1F)c1ccc([n-]1)C=Nc1cc(C)c(C)cc1N=Cc1ccc([n-]1)C(c1c(F)c(F)c(F)c(F)c1F)c1ccc([n-]1)C=N2.[Cu+2].[Cu+2].c1ccncc1.c1ccncc1.c1ccncc1.c1ccncc1.c1ccncc1.c1ccncc1.c1ccncc1. The maximum absolute atomic E-state index is 15.6. The Balaban J connectivity index is 0.000000313. The van der Waals surface area contributed by atoms with E-state index in [0.717, 1.165) is 22.3 Å². The van der Waals surface area contributed by atoms with Crippen molar-refractivity contribution in [1.82, 2.24) is 54.8 Å². The van der Waals surface area contributed by atoms with Gasteiger partial charge in [0.25, 0.3) is 0 Å². The Kier molecular flexibility index (Phi) is 34.8. The number of hydrogen-bond donors (Lipinski definition) is 0. The largest absolute Gasteiger partial charge is 2.00 e. The Hall–Kier alpha value is -12.9. The van der Waals surface area contributed by atoms with E-state index in [-0.39, 0.29) is 102 Å². The molecule has 27 heteroatoms. The van der Waals surface area contributed by atoms with E-state index in [4.69, 9.17) is 0 Å². The predicted molar refractivity (Wildman–Crippen MR) is 404 cm³/mol. The van der Waals surface area contributed by atoms with Gasteiger partial charge in [0.2, 0.25) is 11.6 Å². The van der Waals surface area contributed by atoms with E-state index in [9.17, 15) is 26.3 Å². The predicted octanol–water partition coefficient (Wildman–Crippen LogP) is 19.4. The van der Waals surface area contributed by atoms with E-state index in [1.807, 2.05) is 155 Å². The molecule has 0 saturated carbocycles. The van der Waals surface area contributed by atoms with Gasteiger partial charge in [-0.3, -0.25) is 54.9 Å². The molecular formula is C85H65Cu2F10N15. The van der Waals surface area contributed by atoms with Crippen LogP contribution in [0.3, 0.4) is 0 Å². The third-order valence-electron chi connectivity index (χ3n) is 15.5. The average Bonchev–Trinajstić information content (AvgIpc) is 1.42. The molecule has 0 atom stereocenters. The molecule has 12 heterocycles. The van der Waals surface area contributed by atoms with Crippen LogP contribution in [0.25, 0.3) is 0 Å². The quantitative estimate of drug-likeness (QED) is 0.0691. The van der Waals surface area contributed by atoms with E-state index in [1.54, 1.807) is 111 Å². The third-order valence-corrected chi connectivity index (χ3v) is 15.5. The Morgan fingerprint density at radius 2 is 0.384 bits per heavy atom. The normalized spacial score (nSPS) is 12.1. The standard InChI is InChI=1S/C50H30F10N8.7C5H5N.2Cu/c1-21-13-33-34(14-22(21)2)62-18-26-6-10-30(66-26)38(40-43(53)47(57)50(60)48(58)44(40)54)32-12-8-28(68-32)20-64-36-16-24(4)23(3)15-35(36)63-19-27-7-11-31(67-27)37(29-9-5-25(65-29)17-61-33)39-41(51)45(55)49(59)46(56)42(39)52;7*1-2-4-6-5-3-1;;/h5-20,37-38H,1-4H3;7*1-5H;;/q-4;;;;;;;;2*+2. The number of hydrogen-bond acceptors (Lipinski definition) is 11. The van der Waals surface area contributed by atoms with Crippen molar-refractivity contribution < 1.29 is 78.0 Å². The van der Waals surface area contributed by atoms with E-state index in [1.165, 1.54) is 73.4 Å². The Morgan fingerprint density at radius 1 is 0.223 bits per heavy atom. The zero-order valence-corrected chi connectivity index (χ0v) is 61.6. The Labute approximate surface area is 660 Å². The fourth-order valence-corrected chi connectivity index (χ4v) is 9.87. The molecule has 2 radical (unpaired) electrons. The van der Waals surface area contributed by atoms with Gasteiger partial charge >= 0.3 is 34.1 Å². The molecule has 15 aromatic rings. The first kappa shape index (κ1) is 86.3. The van der Waals surface area contributed by atoms with Crippen LogP contribution in [0.4, 0.5) is 66.7 Å². The van der Waals surface area contributed by atoms with Crippen molar-refractivity contribution in [3.8, 4) is 0 Å². The van der Waals surface area contributed by atoms with E-state index < -0.39 is 81.1 Å². The van der Waals surface area contributed by atoms with E-state index in [0.29, 0.717) is 0 Å². The van der Waals surface area contributed by atoms with Crippen molar-refractivity contribution >= 4 is 47.6 Å². The number of rotatable bonds is 2. The van der Waals surface area contributed by atoms with Crippen LogP contribution in [0.1, 0.15) is 90.8 Å². The van der Waals surface area contributed by atoms with Crippen molar-refractivity contribution in [2.24, 2.45) is 20.0 Å². The Morgan fingerprint density at radius 3 is 0.527 bits per heavy atom. The topological polar surface area (TPSA) is 196 Å². The van der Waals surface area contributed by atoms with E-state index in [2.05, 4.69) is 74.8 Å². The molecule has 15 nitrogen and oxygen atoms in total. The summed E-state index contributed by atoms with van der Waals surface area (Å²) in [5, 5.41) is 0. The first-order chi connectivity index (χ1) is 53.5. The number of halogens is 10. The van der Waals surface area contributed by atoms with Crippen LogP contribution in [0.15, 0.2) is 307 Å². The molecule has 0 unspecified atom stereocenters. The number of aryl methyl sites for hydroxylation is 4. The second-order valence-electron chi connectivity index (χ2n) is 23.1. The average molecular weight is 1610 g/mol. The van der Waals surface area contributed by atoms with Crippen LogP contribution in [-0.2, 0) is 34.1 Å². The van der Waals surface area contributed by atoms with Crippen molar-refractivity contribution in [1.29, 1.82) is 0 Å². The van der Waals surface area contributed by atoms with E-state index >= 15 is 17.6 Å². The number of pyridine rings is 7. The number of benzene rings is 4. The molecule has 16 rings (SSSR count). The summed E-state index contributed by atoms with van der Waals surface area (Å²) in [6, 6.07) is 57.8. The van der Waals surface area contributed by atoms with Crippen LogP contribution in [0.5, 0.6) is 0 Å². The molecule has 112 heavy (non-hydrogen) atoms. The molecule has 0 aliphatic carbocycles. The fraction of sp³-hybridized carbons (Fsp3) is 0.0706. The molecule has 0 amide bonds. The van der Waals surface area contributed by atoms with Crippen LogP contribution in [-0.4, -0.2) is 59.7 Å². The van der Waals surface area contributed by atoms with Gasteiger partial charge in [-0.2, -0.15) is 0 Å². The molecule has 4 aromatic carbocycles. The second-order valence-corrected chi connectivity index (χ2v) is 23.1. The minimum atomic E-state index is -2.33. The number of nitrogens with zero attached hydrogens (tertiary/aromatic N) is 15. The Bertz CT molecular complexity index is 4480. The summed E-state index contributed by atoms with van der Waals surface area (Å²) in [6.45, 7) is 7.24. The fourth-order valence-electron chi connectivity index (χ4n) is 9.87. The van der Waals surface area contributed by atoms with Gasteiger partial charge in [0.1, 0.15) is 0 Å². The minimum Gasteiger partial charge on any atom is -0.659 e. The number of aliphatic imine (C=N–C) groups is 4. The van der Waals surface area contributed by atoms with Crippen LogP contribution >= 0.6 is 0 Å². The monoisotopic (exact) mass is 1610 g/mol. The molecule has 1 aliphatic heterocycles. The van der Waals surface area contributed by atoms with Gasteiger partial charge in [0.15, 0.2) is 46.5 Å². The maximum Gasteiger partial charge on any atom is 2.00 e. The summed E-state index contributed by atoms with van der Waals surface area (Å²) in [5.41, 5.74) is 1.86. The maximum atomic E-state index is 15.6. The van der Waals surface area contributed by atoms with Crippen molar-refractivity contribution in [2.75, 3.05) is 0 Å². The van der Waals surface area contributed by atoms with Gasteiger partial charge in [-0.05, 0) is 171 Å². The van der Waals surface area contributed by atoms with Gasteiger partial charge < -0.3 is 19.9 Å². The van der Waals surface area contributed by atoms with Gasteiger partial charge in [-0.1, -0.05) is 91.0 Å². The van der Waals surface area contributed by atoms with Gasteiger partial charge in [0, 0.05) is 123 Å². The summed E-state index contributed by atoms with van der Waals surface area (Å²) in [6.07, 6.45) is 29.7. The number of aromatic nitrogens is 11. The molecule has 8 bridgehead atoms. The van der Waals surface area contributed by atoms with Gasteiger partial charge in [-0.15, -0.1) is 45.6 Å². The van der Waals surface area contributed by atoms with Gasteiger partial charge in [0.05, 0.1) is 22.7 Å². The molecule has 1 aliphatic rings. The van der Waals surface area contributed by atoms with Crippen molar-refractivity contribution in [2.45, 2.75) is 39.5 Å². The van der Waals surface area contributed by atoms with Crippen LogP contribution in [0.2, 0.25) is 0 Å². The molecule has 0 saturated heterocycles. The van der Waals surface area contributed by atoms with Crippen molar-refractivity contribution in [3.63, 3.8) is 0 Å². The molecular weight excluding hydrogens is 1550 g/mol. The smallest absolute Gasteiger partial charge is 0.659 e. The van der Waals surface area contributed by atoms with Gasteiger partial charge in [-0.25, -0.2) is 43.9 Å². The number of fused-ring (bicyclic) bond motifs is 10. The summed E-state index contributed by atoms with van der Waals surface area (Å²) < 4.78 is 150.